The summed E-state index contributed by atoms with van der Waals surface area (Å²) in [5.41, 5.74) is -0.342. The van der Waals surface area contributed by atoms with Crippen molar-refractivity contribution in [3.05, 3.63) is 24.3 Å². The van der Waals surface area contributed by atoms with Crippen LogP contribution in [0.2, 0.25) is 0 Å². The lowest BCUT2D eigenvalue weighted by Crippen LogP contribution is -2.20. The van der Waals surface area contributed by atoms with Crippen LogP contribution >= 0.6 is 15.9 Å². The number of allylic oxidation sites excluding steroid dienone is 3. The Labute approximate surface area is 90.5 Å². The van der Waals surface area contributed by atoms with E-state index in [9.17, 15) is 13.2 Å². The third kappa shape index (κ3) is 8.04. The van der Waals surface area contributed by atoms with Crippen molar-refractivity contribution in [2.24, 2.45) is 4.99 Å². The molecule has 14 heavy (non-hydrogen) atoms. The summed E-state index contributed by atoms with van der Waals surface area (Å²) in [5, 5.41) is 0. The minimum Gasteiger partial charge on any atom is -0.284 e. The van der Waals surface area contributed by atoms with Gasteiger partial charge in [0, 0.05) is 7.05 Å². The average molecular weight is 272 g/mol. The van der Waals surface area contributed by atoms with Gasteiger partial charge in [-0.25, -0.2) is 0 Å². The predicted octanol–water partition coefficient (Wildman–Crippen LogP) is 3.76. The van der Waals surface area contributed by atoms with E-state index in [2.05, 4.69) is 27.5 Å². The molecule has 0 unspecified atom stereocenters. The van der Waals surface area contributed by atoms with Gasteiger partial charge in [-0.15, -0.1) is 0 Å². The van der Waals surface area contributed by atoms with Crippen LogP contribution in [0, 0.1) is 0 Å². The molecule has 0 aromatic heterocycles. The van der Waals surface area contributed by atoms with E-state index in [4.69, 9.17) is 0 Å². The molecule has 0 aromatic carbocycles. The molecule has 0 aromatic rings. The third-order valence-electron chi connectivity index (χ3n) is 1.06. The number of alkyl halides is 4. The summed E-state index contributed by atoms with van der Waals surface area (Å²) in [6.07, 6.45) is -2.20. The van der Waals surface area contributed by atoms with Crippen molar-refractivity contribution in [3.63, 3.8) is 0 Å². The van der Waals surface area contributed by atoms with Gasteiger partial charge in [-0.1, -0.05) is 34.2 Å². The first-order valence-electron chi connectivity index (χ1n) is 3.63. The van der Waals surface area contributed by atoms with E-state index in [0.717, 1.165) is 13.1 Å². The van der Waals surface area contributed by atoms with Gasteiger partial charge in [0.05, 0.1) is 0 Å². The molecule has 0 saturated heterocycles. The molecule has 0 spiro atoms. The number of hydrogen-bond donors (Lipinski definition) is 0. The summed E-state index contributed by atoms with van der Waals surface area (Å²) in [7, 11) is 1.10. The predicted molar refractivity (Wildman–Crippen MR) is 58.2 cm³/mol. The molecule has 0 N–H and O–H groups in total. The minimum absolute atomic E-state index is 0.556. The van der Waals surface area contributed by atoms with Crippen molar-refractivity contribution in [2.45, 2.75) is 13.1 Å². The van der Waals surface area contributed by atoms with Crippen LogP contribution in [-0.2, 0) is 0 Å². The van der Waals surface area contributed by atoms with Crippen molar-refractivity contribution in [2.75, 3.05) is 12.9 Å². The van der Waals surface area contributed by atoms with Gasteiger partial charge in [0.15, 0.2) is 0 Å². The highest BCUT2D eigenvalue weighted by atomic mass is 79.9. The Hall–Kier alpha value is -0.580. The van der Waals surface area contributed by atoms with Crippen LogP contribution in [-0.4, -0.2) is 24.8 Å². The van der Waals surface area contributed by atoms with Gasteiger partial charge in [-0.05, 0) is 18.8 Å². The van der Waals surface area contributed by atoms with Crippen LogP contribution in [0.5, 0.6) is 0 Å². The van der Waals surface area contributed by atoms with Gasteiger partial charge in [-0.2, -0.15) is 13.2 Å². The molecular formula is C9H13BrF3N. The Morgan fingerprint density at radius 3 is 1.93 bits per heavy atom. The van der Waals surface area contributed by atoms with Crippen LogP contribution in [0.3, 0.4) is 0 Å². The number of hydrogen-bond acceptors (Lipinski definition) is 1. The Morgan fingerprint density at radius 1 is 1.29 bits per heavy atom. The zero-order valence-corrected chi connectivity index (χ0v) is 9.91. The summed E-state index contributed by atoms with van der Waals surface area (Å²) in [6, 6.07) is 0. The zero-order chi connectivity index (χ0) is 11.8. The van der Waals surface area contributed by atoms with Crippen molar-refractivity contribution < 1.29 is 13.2 Å². The zero-order valence-electron chi connectivity index (χ0n) is 8.32. The first kappa shape index (κ1) is 15.9. The quantitative estimate of drug-likeness (QED) is 0.412. The molecule has 0 saturated carbocycles. The van der Waals surface area contributed by atoms with Crippen LogP contribution < -0.4 is 0 Å². The van der Waals surface area contributed by atoms with Gasteiger partial charge in [0.2, 0.25) is 0 Å². The largest absolute Gasteiger partial charge is 0.432 e. The summed E-state index contributed by atoms with van der Waals surface area (Å²) in [6.45, 7) is 5.05. The molecule has 0 fully saturated rings. The molecule has 82 valence electrons. The van der Waals surface area contributed by atoms with Crippen molar-refractivity contribution in [1.29, 1.82) is 0 Å². The van der Waals surface area contributed by atoms with Crippen LogP contribution in [0.15, 0.2) is 29.3 Å². The molecule has 0 radical (unpaired) electrons. The van der Waals surface area contributed by atoms with E-state index < -0.39 is 11.9 Å². The summed E-state index contributed by atoms with van der Waals surface area (Å²) < 4.78 is 35.9. The van der Waals surface area contributed by atoms with Crippen molar-refractivity contribution in [1.82, 2.24) is 0 Å². The topological polar surface area (TPSA) is 12.4 Å². The van der Waals surface area contributed by atoms with Crippen molar-refractivity contribution >= 4 is 21.6 Å². The molecule has 0 atom stereocenters. The standard InChI is InChI=1S/C8H10F3N.CH3Br/c1-6(2)4-5-7(12-3)8(9,10)11;1-2/h4-5H,1H2,2-3H3;1H3/b5-4-,12-7?;. The second kappa shape index (κ2) is 7.79. The van der Waals surface area contributed by atoms with Gasteiger partial charge in [0.25, 0.3) is 0 Å². The SMILES string of the molecule is C=C(C)/C=C\C(=NC)C(F)(F)F.CBr. The van der Waals surface area contributed by atoms with Gasteiger partial charge >= 0.3 is 6.18 Å². The van der Waals surface area contributed by atoms with Crippen LogP contribution in [0.4, 0.5) is 13.2 Å². The van der Waals surface area contributed by atoms with E-state index in [1.165, 1.54) is 6.08 Å². The van der Waals surface area contributed by atoms with Gasteiger partial charge in [0.1, 0.15) is 5.71 Å². The molecule has 5 heteroatoms. The smallest absolute Gasteiger partial charge is 0.284 e. The molecule has 0 bridgehead atoms. The summed E-state index contributed by atoms with van der Waals surface area (Å²) >= 11 is 2.94. The second-order valence-electron chi connectivity index (χ2n) is 2.29. The fraction of sp³-hybridized carbons (Fsp3) is 0.444. The lowest BCUT2D eigenvalue weighted by Gasteiger charge is -2.04. The van der Waals surface area contributed by atoms with Gasteiger partial charge < -0.3 is 0 Å². The Bertz CT molecular complexity index is 229. The maximum absolute atomic E-state index is 12.0. The highest BCUT2D eigenvalue weighted by Crippen LogP contribution is 2.18. The summed E-state index contributed by atoms with van der Waals surface area (Å²) in [5.74, 6) is 1.81. The maximum atomic E-state index is 12.0. The minimum atomic E-state index is -4.37. The van der Waals surface area contributed by atoms with Crippen molar-refractivity contribution in [3.8, 4) is 0 Å². The molecular weight excluding hydrogens is 259 g/mol. The van der Waals surface area contributed by atoms with E-state index in [0.29, 0.717) is 5.57 Å². The summed E-state index contributed by atoms with van der Waals surface area (Å²) in [4.78, 5) is 3.10. The lowest BCUT2D eigenvalue weighted by molar-refractivity contribution is -0.0577. The molecule has 0 aliphatic rings. The van der Waals surface area contributed by atoms with E-state index >= 15 is 0 Å². The number of nitrogens with zero attached hydrogens (tertiary/aromatic N) is 1. The molecule has 0 heterocycles. The van der Waals surface area contributed by atoms with Gasteiger partial charge in [-0.3, -0.25) is 4.99 Å². The van der Waals surface area contributed by atoms with E-state index in [-0.39, 0.29) is 0 Å². The molecule has 0 amide bonds. The average Bonchev–Trinajstić information content (AvgIpc) is 2.06. The molecule has 0 rings (SSSR count). The molecule has 0 aliphatic heterocycles. The molecule has 0 aliphatic carbocycles. The maximum Gasteiger partial charge on any atom is 0.432 e. The first-order chi connectivity index (χ1) is 6.38. The van der Waals surface area contributed by atoms with E-state index in [1.807, 2.05) is 5.83 Å². The highest BCUT2D eigenvalue weighted by Gasteiger charge is 2.32. The number of rotatable bonds is 2. The van der Waals surface area contributed by atoms with Crippen LogP contribution in [0.25, 0.3) is 0 Å². The fourth-order valence-electron chi connectivity index (χ4n) is 0.517. The van der Waals surface area contributed by atoms with Crippen LogP contribution in [0.1, 0.15) is 6.92 Å². The van der Waals surface area contributed by atoms with E-state index in [1.54, 1.807) is 6.92 Å². The first-order valence-corrected chi connectivity index (χ1v) is 5.22. The monoisotopic (exact) mass is 271 g/mol. The highest BCUT2D eigenvalue weighted by molar-refractivity contribution is 9.08. The Morgan fingerprint density at radius 2 is 1.71 bits per heavy atom. The second-order valence-corrected chi connectivity index (χ2v) is 2.29. The number of halogens is 4. The molecule has 1 nitrogen and oxygen atoms in total. The fourth-order valence-corrected chi connectivity index (χ4v) is 0.517. The third-order valence-corrected chi connectivity index (χ3v) is 1.06. The Balaban J connectivity index is 0. The lowest BCUT2D eigenvalue weighted by atomic mass is 10.2. The Kier molecular flexibility index (Phi) is 8.83. The normalized spacial score (nSPS) is 12.4. The number of aliphatic imine (C=N–C) groups is 1.